The fourth-order valence-corrected chi connectivity index (χ4v) is 8.09. The van der Waals surface area contributed by atoms with Gasteiger partial charge in [-0.2, -0.15) is 5.26 Å². The van der Waals surface area contributed by atoms with Crippen LogP contribution in [0.15, 0.2) is 182 Å². The van der Waals surface area contributed by atoms with Gasteiger partial charge in [0.2, 0.25) is 0 Å². The number of fused-ring (bicyclic) bond motifs is 6. The highest BCUT2D eigenvalue weighted by molar-refractivity contribution is 6.11. The molecule has 0 aliphatic carbocycles. The first-order valence-electron chi connectivity index (χ1n) is 17.9. The topological polar surface area (TPSA) is 38.0 Å². The normalized spacial score (nSPS) is 11.3. The maximum atomic E-state index is 10.5. The molecule has 0 spiro atoms. The summed E-state index contributed by atoms with van der Waals surface area (Å²) in [4.78, 5) is 3.99. The van der Waals surface area contributed by atoms with E-state index in [4.69, 9.17) is 6.57 Å². The van der Waals surface area contributed by atoms with Crippen LogP contribution in [0.1, 0.15) is 5.56 Å². The molecule has 54 heavy (non-hydrogen) atoms. The Balaban J connectivity index is 1.20. The van der Waals surface area contributed by atoms with Crippen LogP contribution in [0.2, 0.25) is 0 Å². The van der Waals surface area contributed by atoms with Crippen molar-refractivity contribution >= 4 is 49.3 Å². The number of benzene rings is 8. The highest BCUT2D eigenvalue weighted by Crippen LogP contribution is 2.41. The molecule has 10 aromatic rings. The molecule has 2 heterocycles. The Bertz CT molecular complexity index is 2950. The van der Waals surface area contributed by atoms with Gasteiger partial charge in [-0.1, -0.05) is 127 Å². The molecule has 0 saturated heterocycles. The highest BCUT2D eigenvalue weighted by atomic mass is 15.0. The quantitative estimate of drug-likeness (QED) is 0.166. The van der Waals surface area contributed by atoms with Gasteiger partial charge in [0, 0.05) is 32.9 Å². The maximum absolute atomic E-state index is 10.5. The minimum absolute atomic E-state index is 0.492. The molecule has 0 radical (unpaired) electrons. The van der Waals surface area contributed by atoms with Crippen LogP contribution >= 0.6 is 0 Å². The van der Waals surface area contributed by atoms with Crippen molar-refractivity contribution < 1.29 is 0 Å². The lowest BCUT2D eigenvalue weighted by Crippen LogP contribution is -1.98. The third kappa shape index (κ3) is 4.90. The van der Waals surface area contributed by atoms with Crippen molar-refractivity contribution in [3.8, 4) is 50.8 Å². The van der Waals surface area contributed by atoms with E-state index in [1.165, 1.54) is 0 Å². The molecule has 0 atom stereocenters. The van der Waals surface area contributed by atoms with Crippen LogP contribution in [0.5, 0.6) is 0 Å². The number of nitriles is 1. The van der Waals surface area contributed by atoms with Crippen LogP contribution in [0.3, 0.4) is 0 Å². The lowest BCUT2D eigenvalue weighted by molar-refractivity contribution is 1.17. The molecule has 0 amide bonds. The van der Waals surface area contributed by atoms with Crippen molar-refractivity contribution in [1.29, 1.82) is 5.26 Å². The monoisotopic (exact) mass is 686 g/mol. The van der Waals surface area contributed by atoms with E-state index in [0.29, 0.717) is 11.3 Å². The third-order valence-corrected chi connectivity index (χ3v) is 10.6. The van der Waals surface area contributed by atoms with Crippen molar-refractivity contribution in [2.75, 3.05) is 0 Å². The van der Waals surface area contributed by atoms with Gasteiger partial charge in [0.25, 0.3) is 0 Å². The molecule has 250 valence electrons. The van der Waals surface area contributed by atoms with Gasteiger partial charge in [0.1, 0.15) is 0 Å². The minimum Gasteiger partial charge on any atom is -0.309 e. The first kappa shape index (κ1) is 31.1. The average Bonchev–Trinajstić information content (AvgIpc) is 3.76. The zero-order valence-corrected chi connectivity index (χ0v) is 29.1. The maximum Gasteiger partial charge on any atom is 0.195 e. The number of hydrogen-bond acceptors (Lipinski definition) is 1. The highest BCUT2D eigenvalue weighted by Gasteiger charge is 2.19. The molecule has 0 aliphatic heterocycles. The molecule has 0 bridgehead atoms. The summed E-state index contributed by atoms with van der Waals surface area (Å²) in [5.74, 6) is 0. The summed E-state index contributed by atoms with van der Waals surface area (Å²) in [5, 5.41) is 15.1. The molecule has 4 nitrogen and oxygen atoms in total. The molecular formula is C50H30N4. The number of rotatable bonds is 5. The zero-order valence-electron chi connectivity index (χ0n) is 29.1. The van der Waals surface area contributed by atoms with Crippen LogP contribution in [0.25, 0.3) is 93.2 Å². The molecule has 0 saturated carbocycles. The third-order valence-electron chi connectivity index (χ3n) is 10.6. The Morgan fingerprint density at radius 3 is 1.39 bits per heavy atom. The van der Waals surface area contributed by atoms with Crippen molar-refractivity contribution in [1.82, 2.24) is 9.13 Å². The Kier molecular flexibility index (Phi) is 7.22. The summed E-state index contributed by atoms with van der Waals surface area (Å²) in [5.41, 5.74) is 13.2. The second-order valence-corrected chi connectivity index (χ2v) is 13.6. The summed E-state index contributed by atoms with van der Waals surface area (Å²) < 4.78 is 4.56. The Morgan fingerprint density at radius 2 is 0.870 bits per heavy atom. The van der Waals surface area contributed by atoms with Crippen LogP contribution in [0.4, 0.5) is 5.69 Å². The standard InChI is InChI=1S/C50H30N4/c1-52-46-27-24-39(54-48-19-11-9-17-41(48)43-26-22-36(29-50(43)54)34-14-6-3-7-15-34)31-45(46)44-30-38(23-20-37(44)32-51)53-47-18-10-8-16-40(47)42-25-21-35(28-49(42)53)33-12-4-2-5-13-33/h2-31H. The molecule has 0 aliphatic rings. The van der Waals surface area contributed by atoms with Crippen LogP contribution in [-0.2, 0) is 0 Å². The molecule has 0 fully saturated rings. The van der Waals surface area contributed by atoms with Crippen molar-refractivity contribution in [3.63, 3.8) is 0 Å². The molecule has 4 heteroatoms. The molecule has 10 rings (SSSR count). The van der Waals surface area contributed by atoms with Gasteiger partial charge in [0.15, 0.2) is 5.69 Å². The van der Waals surface area contributed by atoms with Gasteiger partial charge in [-0.05, 0) is 88.0 Å². The molecule has 2 aromatic heterocycles. The summed E-state index contributed by atoms with van der Waals surface area (Å²) in [6.07, 6.45) is 0. The van der Waals surface area contributed by atoms with E-state index in [1.807, 2.05) is 36.4 Å². The summed E-state index contributed by atoms with van der Waals surface area (Å²) in [6.45, 7) is 8.24. The fourth-order valence-electron chi connectivity index (χ4n) is 8.09. The number of aromatic nitrogens is 2. The second-order valence-electron chi connectivity index (χ2n) is 13.6. The van der Waals surface area contributed by atoms with E-state index >= 15 is 0 Å². The largest absolute Gasteiger partial charge is 0.309 e. The van der Waals surface area contributed by atoms with Gasteiger partial charge < -0.3 is 9.13 Å². The van der Waals surface area contributed by atoms with Crippen molar-refractivity contribution in [2.45, 2.75) is 0 Å². The van der Waals surface area contributed by atoms with Gasteiger partial charge in [-0.3, -0.25) is 0 Å². The van der Waals surface area contributed by atoms with Crippen LogP contribution in [-0.4, -0.2) is 9.13 Å². The van der Waals surface area contributed by atoms with E-state index in [0.717, 1.165) is 88.4 Å². The molecule has 8 aromatic carbocycles. The Hall–Kier alpha value is -7.66. The van der Waals surface area contributed by atoms with Crippen LogP contribution < -0.4 is 0 Å². The SMILES string of the molecule is [C-]#[N+]c1ccc(-n2c3ccccc3c3ccc(-c4ccccc4)cc32)cc1-c1cc(-n2c3ccccc3c3ccc(-c4ccccc4)cc32)ccc1C#N. The Labute approximate surface area is 312 Å². The lowest BCUT2D eigenvalue weighted by Gasteiger charge is -2.15. The van der Waals surface area contributed by atoms with E-state index in [1.54, 1.807) is 0 Å². The van der Waals surface area contributed by atoms with Crippen LogP contribution in [0, 0.1) is 17.9 Å². The predicted molar refractivity (Wildman–Crippen MR) is 222 cm³/mol. The van der Waals surface area contributed by atoms with E-state index in [-0.39, 0.29) is 0 Å². The summed E-state index contributed by atoms with van der Waals surface area (Å²) in [6, 6.07) is 65.4. The van der Waals surface area contributed by atoms with Gasteiger partial charge >= 0.3 is 0 Å². The number of nitrogens with zero attached hydrogens (tertiary/aromatic N) is 4. The van der Waals surface area contributed by atoms with Gasteiger partial charge in [-0.25, -0.2) is 4.85 Å². The van der Waals surface area contributed by atoms with E-state index in [9.17, 15) is 5.26 Å². The lowest BCUT2D eigenvalue weighted by atomic mass is 9.97. The van der Waals surface area contributed by atoms with Gasteiger partial charge in [0.05, 0.1) is 40.3 Å². The Morgan fingerprint density at radius 1 is 0.407 bits per heavy atom. The molecule has 0 N–H and O–H groups in total. The van der Waals surface area contributed by atoms with Crippen molar-refractivity contribution in [2.24, 2.45) is 0 Å². The first-order chi connectivity index (χ1) is 26.7. The minimum atomic E-state index is 0.492. The number of para-hydroxylation sites is 2. The predicted octanol–water partition coefficient (Wildman–Crippen LogP) is 13.3. The molecular weight excluding hydrogens is 657 g/mol. The zero-order chi connectivity index (χ0) is 36.2. The van der Waals surface area contributed by atoms with Crippen molar-refractivity contribution in [3.05, 3.63) is 199 Å². The average molecular weight is 687 g/mol. The number of hydrogen-bond donors (Lipinski definition) is 0. The summed E-state index contributed by atoms with van der Waals surface area (Å²) in [7, 11) is 0. The first-order valence-corrected chi connectivity index (χ1v) is 17.9. The summed E-state index contributed by atoms with van der Waals surface area (Å²) >= 11 is 0. The molecule has 0 unspecified atom stereocenters. The second kappa shape index (κ2) is 12.5. The van der Waals surface area contributed by atoms with E-state index < -0.39 is 0 Å². The fraction of sp³-hybridized carbons (Fsp3) is 0. The van der Waals surface area contributed by atoms with E-state index in [2.05, 4.69) is 166 Å². The van der Waals surface area contributed by atoms with Gasteiger partial charge in [-0.15, -0.1) is 0 Å². The smallest absolute Gasteiger partial charge is 0.195 e.